The molecule has 0 radical (unpaired) electrons. The van der Waals surface area contributed by atoms with Gasteiger partial charge in [0.05, 0.1) is 24.0 Å². The van der Waals surface area contributed by atoms with Crippen LogP contribution in [0.15, 0.2) is 24.3 Å². The molecule has 20 heavy (non-hydrogen) atoms. The summed E-state index contributed by atoms with van der Waals surface area (Å²) in [6.07, 6.45) is 0.163. The predicted molar refractivity (Wildman–Crippen MR) is 71.1 cm³/mol. The zero-order chi connectivity index (χ0) is 15.0. The molecule has 0 heterocycles. The van der Waals surface area contributed by atoms with Crippen LogP contribution >= 0.6 is 0 Å². The minimum Gasteiger partial charge on any atom is -0.383 e. The molecule has 106 valence electrons. The molecule has 0 fully saturated rings. The van der Waals surface area contributed by atoms with E-state index in [-0.39, 0.29) is 30.8 Å². The number of benzene rings is 1. The highest BCUT2D eigenvalue weighted by Gasteiger charge is 2.23. The maximum absolute atomic E-state index is 12.3. The Hall–Kier alpha value is -2.46. The van der Waals surface area contributed by atoms with Crippen molar-refractivity contribution < 1.29 is 14.5 Å². The Morgan fingerprint density at radius 1 is 1.45 bits per heavy atom. The molecule has 1 rings (SSSR count). The van der Waals surface area contributed by atoms with Crippen molar-refractivity contribution >= 4 is 11.6 Å². The second kappa shape index (κ2) is 7.86. The van der Waals surface area contributed by atoms with Gasteiger partial charge >= 0.3 is 0 Å². The van der Waals surface area contributed by atoms with Crippen molar-refractivity contribution in [2.45, 2.75) is 6.42 Å². The first kappa shape index (κ1) is 15.6. The van der Waals surface area contributed by atoms with Crippen molar-refractivity contribution in [2.75, 3.05) is 26.8 Å². The number of amides is 1. The number of para-hydroxylation sites is 1. The second-order valence-corrected chi connectivity index (χ2v) is 3.97. The van der Waals surface area contributed by atoms with Gasteiger partial charge in [0.2, 0.25) is 0 Å². The van der Waals surface area contributed by atoms with Crippen LogP contribution in [-0.2, 0) is 4.74 Å². The molecule has 0 aliphatic rings. The fourth-order valence-corrected chi connectivity index (χ4v) is 1.69. The van der Waals surface area contributed by atoms with E-state index in [0.717, 1.165) is 0 Å². The summed E-state index contributed by atoms with van der Waals surface area (Å²) >= 11 is 0. The van der Waals surface area contributed by atoms with E-state index in [4.69, 9.17) is 10.00 Å². The molecule has 1 aromatic rings. The third-order valence-electron chi connectivity index (χ3n) is 2.68. The quantitative estimate of drug-likeness (QED) is 0.557. The van der Waals surface area contributed by atoms with Crippen LogP contribution in [0.3, 0.4) is 0 Å². The van der Waals surface area contributed by atoms with Crippen molar-refractivity contribution in [1.82, 2.24) is 4.90 Å². The molecular formula is C13H15N3O4. The van der Waals surface area contributed by atoms with Crippen LogP contribution in [0.5, 0.6) is 0 Å². The zero-order valence-electron chi connectivity index (χ0n) is 11.1. The molecule has 0 spiro atoms. The lowest BCUT2D eigenvalue weighted by Gasteiger charge is -2.21. The number of carbonyl (C=O) groups excluding carboxylic acids is 1. The van der Waals surface area contributed by atoms with Gasteiger partial charge in [-0.15, -0.1) is 0 Å². The fourth-order valence-electron chi connectivity index (χ4n) is 1.69. The first-order valence-corrected chi connectivity index (χ1v) is 6.00. The summed E-state index contributed by atoms with van der Waals surface area (Å²) < 4.78 is 4.91. The monoisotopic (exact) mass is 277 g/mol. The second-order valence-electron chi connectivity index (χ2n) is 3.97. The van der Waals surface area contributed by atoms with E-state index < -0.39 is 10.8 Å². The fraction of sp³-hybridized carbons (Fsp3) is 0.385. The number of carbonyl (C=O) groups is 1. The van der Waals surface area contributed by atoms with Crippen LogP contribution < -0.4 is 0 Å². The molecule has 1 aromatic carbocycles. The number of hydrogen-bond acceptors (Lipinski definition) is 5. The molecule has 7 nitrogen and oxygen atoms in total. The Balaban J connectivity index is 2.99. The SMILES string of the molecule is COCCN(CCC#N)C(=O)c1ccccc1[N+](=O)[O-]. The molecule has 0 unspecified atom stereocenters. The van der Waals surface area contributed by atoms with Crippen molar-refractivity contribution in [3.8, 4) is 6.07 Å². The Labute approximate surface area is 116 Å². The van der Waals surface area contributed by atoms with E-state index >= 15 is 0 Å². The molecule has 0 bridgehead atoms. The summed E-state index contributed by atoms with van der Waals surface area (Å²) in [7, 11) is 1.50. The number of rotatable bonds is 7. The minimum absolute atomic E-state index is 0.0199. The van der Waals surface area contributed by atoms with Gasteiger partial charge in [-0.2, -0.15) is 5.26 Å². The number of nitrogens with zero attached hydrogens (tertiary/aromatic N) is 3. The third kappa shape index (κ3) is 4.03. The van der Waals surface area contributed by atoms with Crippen molar-refractivity contribution in [2.24, 2.45) is 0 Å². The lowest BCUT2D eigenvalue weighted by atomic mass is 10.1. The van der Waals surface area contributed by atoms with E-state index in [1.54, 1.807) is 6.07 Å². The highest BCUT2D eigenvalue weighted by molar-refractivity contribution is 5.98. The average molecular weight is 277 g/mol. The number of nitro groups is 1. The number of nitriles is 1. The standard InChI is InChI=1S/C13H15N3O4/c1-20-10-9-15(8-4-7-14)13(17)11-5-2-3-6-12(11)16(18)19/h2-3,5-6H,4,8-10H2,1H3. The van der Waals surface area contributed by atoms with Gasteiger partial charge in [-0.1, -0.05) is 12.1 Å². The molecule has 0 N–H and O–H groups in total. The van der Waals surface area contributed by atoms with Gasteiger partial charge < -0.3 is 9.64 Å². The average Bonchev–Trinajstić information content (AvgIpc) is 2.46. The Bertz CT molecular complexity index is 525. The van der Waals surface area contributed by atoms with Gasteiger partial charge in [0.25, 0.3) is 11.6 Å². The van der Waals surface area contributed by atoms with Crippen LogP contribution in [0.2, 0.25) is 0 Å². The van der Waals surface area contributed by atoms with Crippen LogP contribution in [0.1, 0.15) is 16.8 Å². The van der Waals surface area contributed by atoms with Gasteiger partial charge in [0, 0.05) is 26.3 Å². The van der Waals surface area contributed by atoms with Crippen LogP contribution in [0, 0.1) is 21.4 Å². The van der Waals surface area contributed by atoms with Gasteiger partial charge in [0.15, 0.2) is 0 Å². The normalized spacial score (nSPS) is 9.80. The summed E-state index contributed by atoms with van der Waals surface area (Å²) in [6.45, 7) is 0.797. The smallest absolute Gasteiger partial charge is 0.282 e. The summed E-state index contributed by atoms with van der Waals surface area (Å²) in [5, 5.41) is 19.5. The van der Waals surface area contributed by atoms with Crippen molar-refractivity contribution in [3.63, 3.8) is 0 Å². The summed E-state index contributed by atoms with van der Waals surface area (Å²) in [5.41, 5.74) is -0.219. The molecule has 0 aliphatic carbocycles. The highest BCUT2D eigenvalue weighted by Crippen LogP contribution is 2.19. The Morgan fingerprint density at radius 3 is 2.75 bits per heavy atom. The first-order valence-electron chi connectivity index (χ1n) is 6.00. The maximum atomic E-state index is 12.3. The molecule has 0 saturated carbocycles. The number of nitro benzene ring substituents is 1. The van der Waals surface area contributed by atoms with E-state index in [0.29, 0.717) is 6.61 Å². The van der Waals surface area contributed by atoms with Gasteiger partial charge in [-0.25, -0.2) is 0 Å². The van der Waals surface area contributed by atoms with Crippen molar-refractivity contribution in [3.05, 3.63) is 39.9 Å². The topological polar surface area (TPSA) is 96.5 Å². The molecule has 7 heteroatoms. The number of methoxy groups -OCH3 is 1. The summed E-state index contributed by atoms with van der Waals surface area (Å²) in [6, 6.07) is 7.71. The van der Waals surface area contributed by atoms with Gasteiger partial charge in [-0.05, 0) is 6.07 Å². The summed E-state index contributed by atoms with van der Waals surface area (Å²) in [4.78, 5) is 24.1. The Morgan fingerprint density at radius 2 is 2.15 bits per heavy atom. The Kier molecular flexibility index (Phi) is 6.13. The molecule has 1 amide bonds. The lowest BCUT2D eigenvalue weighted by molar-refractivity contribution is -0.385. The molecule has 0 atom stereocenters. The third-order valence-corrected chi connectivity index (χ3v) is 2.68. The van der Waals surface area contributed by atoms with E-state index in [2.05, 4.69) is 0 Å². The minimum atomic E-state index is -0.591. The highest BCUT2D eigenvalue weighted by atomic mass is 16.6. The van der Waals surface area contributed by atoms with Crippen LogP contribution in [0.4, 0.5) is 5.69 Å². The van der Waals surface area contributed by atoms with E-state index in [9.17, 15) is 14.9 Å². The van der Waals surface area contributed by atoms with Gasteiger partial charge in [0.1, 0.15) is 5.56 Å². The molecule has 0 aromatic heterocycles. The van der Waals surface area contributed by atoms with E-state index in [1.807, 2.05) is 6.07 Å². The zero-order valence-corrected chi connectivity index (χ0v) is 11.1. The summed E-state index contributed by atoms with van der Waals surface area (Å²) in [5.74, 6) is -0.468. The molecule has 0 aliphatic heterocycles. The predicted octanol–water partition coefficient (Wildman–Crippen LogP) is 1.60. The largest absolute Gasteiger partial charge is 0.383 e. The lowest BCUT2D eigenvalue weighted by Crippen LogP contribution is -2.35. The van der Waals surface area contributed by atoms with Crippen molar-refractivity contribution in [1.29, 1.82) is 5.26 Å². The van der Waals surface area contributed by atoms with Crippen LogP contribution in [0.25, 0.3) is 0 Å². The molecular weight excluding hydrogens is 262 g/mol. The first-order chi connectivity index (χ1) is 9.61. The maximum Gasteiger partial charge on any atom is 0.282 e. The molecule has 0 saturated heterocycles. The number of ether oxygens (including phenoxy) is 1. The van der Waals surface area contributed by atoms with Gasteiger partial charge in [-0.3, -0.25) is 14.9 Å². The number of hydrogen-bond donors (Lipinski definition) is 0. The van der Waals surface area contributed by atoms with E-state index in [1.165, 1.54) is 30.2 Å². The van der Waals surface area contributed by atoms with Crippen LogP contribution in [-0.4, -0.2) is 42.5 Å².